The van der Waals surface area contributed by atoms with Crippen LogP contribution in [-0.2, 0) is 6.42 Å². The fourth-order valence-corrected chi connectivity index (χ4v) is 3.88. The van der Waals surface area contributed by atoms with E-state index in [1.807, 2.05) is 18.8 Å². The van der Waals surface area contributed by atoms with Gasteiger partial charge in [0.05, 0.1) is 10.6 Å². The zero-order chi connectivity index (χ0) is 13.1. The van der Waals surface area contributed by atoms with Gasteiger partial charge in [-0.2, -0.15) is 11.8 Å². The number of aliphatic hydroxyl groups excluding tert-OH is 1. The van der Waals surface area contributed by atoms with Crippen LogP contribution in [0.3, 0.4) is 0 Å². The summed E-state index contributed by atoms with van der Waals surface area (Å²) in [6, 6.07) is 5.10. The molecule has 100 valence electrons. The summed E-state index contributed by atoms with van der Waals surface area (Å²) in [7, 11) is 2.05. The van der Waals surface area contributed by atoms with Gasteiger partial charge in [-0.1, -0.05) is 6.07 Å². The third kappa shape index (κ3) is 3.47. The quantitative estimate of drug-likeness (QED) is 0.919. The Labute approximate surface area is 120 Å². The SMILES string of the molecule is CN1CCSCC1C(O)Cc1ccc(F)c(Br)c1. The van der Waals surface area contributed by atoms with Crippen molar-refractivity contribution >= 4 is 27.7 Å². The molecule has 0 radical (unpaired) electrons. The average Bonchev–Trinajstić information content (AvgIpc) is 2.34. The van der Waals surface area contributed by atoms with Gasteiger partial charge in [-0.3, -0.25) is 4.90 Å². The van der Waals surface area contributed by atoms with Gasteiger partial charge in [-0.05, 0) is 47.1 Å². The first-order valence-electron chi connectivity index (χ1n) is 5.98. The molecule has 0 spiro atoms. The molecule has 2 nitrogen and oxygen atoms in total. The fourth-order valence-electron chi connectivity index (χ4n) is 2.15. The summed E-state index contributed by atoms with van der Waals surface area (Å²) in [4.78, 5) is 2.21. The van der Waals surface area contributed by atoms with E-state index in [-0.39, 0.29) is 11.9 Å². The topological polar surface area (TPSA) is 23.5 Å². The molecule has 18 heavy (non-hydrogen) atoms. The molecule has 0 saturated carbocycles. The van der Waals surface area contributed by atoms with E-state index in [4.69, 9.17) is 0 Å². The maximum atomic E-state index is 13.1. The Morgan fingerprint density at radius 1 is 1.61 bits per heavy atom. The lowest BCUT2D eigenvalue weighted by molar-refractivity contribution is 0.0763. The number of aliphatic hydroxyl groups is 1. The van der Waals surface area contributed by atoms with Crippen molar-refractivity contribution in [1.29, 1.82) is 0 Å². The van der Waals surface area contributed by atoms with Crippen molar-refractivity contribution in [2.24, 2.45) is 0 Å². The van der Waals surface area contributed by atoms with Crippen molar-refractivity contribution in [3.05, 3.63) is 34.1 Å². The summed E-state index contributed by atoms with van der Waals surface area (Å²) in [5.74, 6) is 1.82. The molecular weight excluding hydrogens is 317 g/mol. The Morgan fingerprint density at radius 2 is 2.39 bits per heavy atom. The normalized spacial score (nSPS) is 23.0. The van der Waals surface area contributed by atoms with Crippen LogP contribution in [0.2, 0.25) is 0 Å². The molecule has 0 amide bonds. The van der Waals surface area contributed by atoms with E-state index in [9.17, 15) is 9.50 Å². The molecule has 0 bridgehead atoms. The maximum absolute atomic E-state index is 13.1. The Bertz CT molecular complexity index is 418. The Hall–Kier alpha value is -0.100. The van der Waals surface area contributed by atoms with Crippen LogP contribution in [0.5, 0.6) is 0 Å². The number of rotatable bonds is 3. The van der Waals surface area contributed by atoms with E-state index in [1.54, 1.807) is 12.1 Å². The molecule has 1 fully saturated rings. The van der Waals surface area contributed by atoms with Gasteiger partial charge in [0.15, 0.2) is 0 Å². The van der Waals surface area contributed by atoms with Crippen molar-refractivity contribution in [1.82, 2.24) is 4.90 Å². The molecule has 2 rings (SSSR count). The number of nitrogens with zero attached hydrogens (tertiary/aromatic N) is 1. The highest BCUT2D eigenvalue weighted by molar-refractivity contribution is 9.10. The summed E-state index contributed by atoms with van der Waals surface area (Å²) in [5.41, 5.74) is 0.958. The van der Waals surface area contributed by atoms with Crippen LogP contribution in [0.25, 0.3) is 0 Å². The van der Waals surface area contributed by atoms with Gasteiger partial charge in [0.2, 0.25) is 0 Å². The minimum absolute atomic E-state index is 0.188. The number of halogens is 2. The van der Waals surface area contributed by atoms with Crippen molar-refractivity contribution < 1.29 is 9.50 Å². The first kappa shape index (κ1) is 14.3. The monoisotopic (exact) mass is 333 g/mol. The zero-order valence-corrected chi connectivity index (χ0v) is 12.7. The van der Waals surface area contributed by atoms with E-state index < -0.39 is 6.10 Å². The molecule has 1 saturated heterocycles. The van der Waals surface area contributed by atoms with Gasteiger partial charge in [0.25, 0.3) is 0 Å². The lowest BCUT2D eigenvalue weighted by Gasteiger charge is -2.35. The Kier molecular flexibility index (Phi) is 5.06. The predicted octanol–water partition coefficient (Wildman–Crippen LogP) is 2.54. The van der Waals surface area contributed by atoms with Gasteiger partial charge in [-0.25, -0.2) is 4.39 Å². The second-order valence-corrected chi connectivity index (χ2v) is 6.65. The van der Waals surface area contributed by atoms with Gasteiger partial charge in [0.1, 0.15) is 5.82 Å². The largest absolute Gasteiger partial charge is 0.391 e. The number of thioether (sulfide) groups is 1. The molecule has 1 N–H and O–H groups in total. The smallest absolute Gasteiger partial charge is 0.137 e. The van der Waals surface area contributed by atoms with Crippen LogP contribution in [0.1, 0.15) is 5.56 Å². The number of hydrogen-bond acceptors (Lipinski definition) is 3. The third-order valence-electron chi connectivity index (χ3n) is 3.32. The summed E-state index contributed by atoms with van der Waals surface area (Å²) in [6.45, 7) is 1.01. The second-order valence-electron chi connectivity index (χ2n) is 4.64. The highest BCUT2D eigenvalue weighted by atomic mass is 79.9. The van der Waals surface area contributed by atoms with Gasteiger partial charge < -0.3 is 5.11 Å². The molecular formula is C13H17BrFNOS. The van der Waals surface area contributed by atoms with E-state index >= 15 is 0 Å². The molecule has 1 heterocycles. The minimum atomic E-state index is -0.403. The number of hydrogen-bond donors (Lipinski definition) is 1. The van der Waals surface area contributed by atoms with E-state index in [0.29, 0.717) is 10.9 Å². The summed E-state index contributed by atoms with van der Waals surface area (Å²) >= 11 is 5.05. The molecule has 1 aromatic carbocycles. The molecule has 1 aliphatic rings. The second kappa shape index (κ2) is 6.37. The predicted molar refractivity (Wildman–Crippen MR) is 77.6 cm³/mol. The summed E-state index contributed by atoms with van der Waals surface area (Å²) < 4.78 is 13.6. The molecule has 1 aromatic rings. The van der Waals surface area contributed by atoms with Crippen LogP contribution in [0, 0.1) is 5.82 Å². The Morgan fingerprint density at radius 3 is 3.06 bits per heavy atom. The molecule has 2 unspecified atom stereocenters. The van der Waals surface area contributed by atoms with Crippen LogP contribution in [-0.4, -0.2) is 47.3 Å². The van der Waals surface area contributed by atoms with Gasteiger partial charge >= 0.3 is 0 Å². The van der Waals surface area contributed by atoms with Gasteiger partial charge in [0, 0.05) is 24.1 Å². The van der Waals surface area contributed by atoms with Crippen molar-refractivity contribution in [3.8, 4) is 0 Å². The standard InChI is InChI=1S/C13H17BrFNOS/c1-16-4-5-18-8-12(16)13(17)7-9-2-3-11(15)10(14)6-9/h2-3,6,12-13,17H,4-5,7-8H2,1H3. The summed E-state index contributed by atoms with van der Waals surface area (Å²) in [5, 5.41) is 10.3. The number of likely N-dealkylation sites (N-methyl/N-ethyl adjacent to an activating group) is 1. The van der Waals surface area contributed by atoms with Crippen LogP contribution < -0.4 is 0 Å². The first-order valence-corrected chi connectivity index (χ1v) is 7.92. The van der Waals surface area contributed by atoms with Gasteiger partial charge in [-0.15, -0.1) is 0 Å². The van der Waals surface area contributed by atoms with Crippen LogP contribution in [0.15, 0.2) is 22.7 Å². The highest BCUT2D eigenvalue weighted by Crippen LogP contribution is 2.22. The molecule has 0 aromatic heterocycles. The lowest BCUT2D eigenvalue weighted by Crippen LogP contribution is -2.47. The van der Waals surface area contributed by atoms with Crippen LogP contribution in [0.4, 0.5) is 4.39 Å². The third-order valence-corrected chi connectivity index (χ3v) is 4.97. The first-order chi connectivity index (χ1) is 8.58. The number of benzene rings is 1. The van der Waals surface area contributed by atoms with Crippen molar-refractivity contribution in [3.63, 3.8) is 0 Å². The molecule has 0 aliphatic carbocycles. The van der Waals surface area contributed by atoms with Crippen LogP contribution >= 0.6 is 27.7 Å². The van der Waals surface area contributed by atoms with Crippen molar-refractivity contribution in [2.45, 2.75) is 18.6 Å². The zero-order valence-electron chi connectivity index (χ0n) is 10.3. The lowest BCUT2D eigenvalue weighted by atomic mass is 10.0. The molecule has 2 atom stereocenters. The van der Waals surface area contributed by atoms with E-state index in [1.165, 1.54) is 6.07 Å². The van der Waals surface area contributed by atoms with E-state index in [0.717, 1.165) is 23.6 Å². The molecule has 1 aliphatic heterocycles. The fraction of sp³-hybridized carbons (Fsp3) is 0.538. The minimum Gasteiger partial charge on any atom is -0.391 e. The highest BCUT2D eigenvalue weighted by Gasteiger charge is 2.26. The molecule has 5 heteroatoms. The van der Waals surface area contributed by atoms with Crippen molar-refractivity contribution in [2.75, 3.05) is 25.1 Å². The summed E-state index contributed by atoms with van der Waals surface area (Å²) in [6.07, 6.45) is 0.161. The Balaban J connectivity index is 2.01. The average molecular weight is 334 g/mol. The van der Waals surface area contributed by atoms with E-state index in [2.05, 4.69) is 20.8 Å². The maximum Gasteiger partial charge on any atom is 0.137 e.